The van der Waals surface area contributed by atoms with Crippen LogP contribution in [0.15, 0.2) is 66.1 Å². The smallest absolute Gasteiger partial charge is 0.326 e. The monoisotopic (exact) mass is 439 g/mol. The lowest BCUT2D eigenvalue weighted by atomic mass is 10.2. The lowest BCUT2D eigenvalue weighted by molar-refractivity contribution is -0.137. The first-order valence-electron chi connectivity index (χ1n) is 8.56. The molecule has 3 rings (SSSR count). The van der Waals surface area contributed by atoms with E-state index in [-0.39, 0.29) is 28.6 Å². The van der Waals surface area contributed by atoms with E-state index in [1.165, 1.54) is 47.7 Å². The predicted octanol–water partition coefficient (Wildman–Crippen LogP) is 3.13. The molecular weight excluding hydrogens is 423 g/mol. The fraction of sp³-hybridized carbons (Fsp3) is 0.167. The maximum Gasteiger partial charge on any atom is 0.416 e. The third-order valence-corrected chi connectivity index (χ3v) is 5.28. The van der Waals surface area contributed by atoms with Crippen LogP contribution in [0.4, 0.5) is 24.5 Å². The van der Waals surface area contributed by atoms with Crippen LogP contribution in [-0.4, -0.2) is 29.1 Å². The van der Waals surface area contributed by atoms with Gasteiger partial charge in [0.2, 0.25) is 5.91 Å². The summed E-state index contributed by atoms with van der Waals surface area (Å²) >= 11 is 0. The fourth-order valence-electron chi connectivity index (χ4n) is 2.50. The summed E-state index contributed by atoms with van der Waals surface area (Å²) in [6.45, 7) is 0.293. The summed E-state index contributed by atoms with van der Waals surface area (Å²) in [6, 6.07) is 9.24. The molecule has 8 nitrogen and oxygen atoms in total. The van der Waals surface area contributed by atoms with Gasteiger partial charge >= 0.3 is 6.18 Å². The number of nitrogens with one attached hydrogen (secondary N) is 2. The number of sulfonamides is 1. The number of carbonyl (C=O) groups is 1. The minimum atomic E-state index is -4.60. The van der Waals surface area contributed by atoms with E-state index in [1.807, 2.05) is 0 Å². The fourth-order valence-corrected chi connectivity index (χ4v) is 3.60. The van der Waals surface area contributed by atoms with Gasteiger partial charge in [0, 0.05) is 17.8 Å². The second-order valence-electron chi connectivity index (χ2n) is 6.17. The average Bonchev–Trinajstić information content (AvgIpc) is 3.19. The van der Waals surface area contributed by atoms with Gasteiger partial charge in [-0.3, -0.25) is 14.2 Å². The van der Waals surface area contributed by atoms with Gasteiger partial charge in [-0.15, -0.1) is 0 Å². The van der Waals surface area contributed by atoms with Crippen LogP contribution in [-0.2, 0) is 27.5 Å². The number of aryl methyl sites for hydroxylation is 1. The molecule has 0 aliphatic rings. The highest BCUT2D eigenvalue weighted by atomic mass is 32.2. The Morgan fingerprint density at radius 3 is 2.50 bits per heavy atom. The minimum Gasteiger partial charge on any atom is -0.326 e. The molecule has 0 saturated carbocycles. The van der Waals surface area contributed by atoms with Gasteiger partial charge in [0.25, 0.3) is 10.0 Å². The standard InChI is InChI=1S/C18H16F3N5O3S/c19-18(20,21)13-3-1-5-15(9-13)25-30(28,29)16-6-2-4-14(10-16)24-17(27)7-8-26-12-22-11-23-26/h1-6,9-12,25H,7-8H2,(H,24,27). The van der Waals surface area contributed by atoms with E-state index < -0.39 is 21.8 Å². The molecule has 0 saturated heterocycles. The Labute approximate surface area is 169 Å². The number of benzene rings is 2. The quantitative estimate of drug-likeness (QED) is 0.588. The average molecular weight is 439 g/mol. The summed E-state index contributed by atoms with van der Waals surface area (Å²) in [5.41, 5.74) is -0.978. The lowest BCUT2D eigenvalue weighted by Gasteiger charge is -2.12. The summed E-state index contributed by atoms with van der Waals surface area (Å²) in [7, 11) is -4.17. The molecule has 1 aromatic heterocycles. The molecule has 0 aliphatic carbocycles. The van der Waals surface area contributed by atoms with Gasteiger partial charge in [0.05, 0.1) is 17.0 Å². The van der Waals surface area contributed by atoms with Crippen LogP contribution in [0.2, 0.25) is 0 Å². The van der Waals surface area contributed by atoms with Crippen LogP contribution in [0.3, 0.4) is 0 Å². The zero-order valence-corrected chi connectivity index (χ0v) is 16.1. The van der Waals surface area contributed by atoms with Crippen molar-refractivity contribution in [2.75, 3.05) is 10.0 Å². The van der Waals surface area contributed by atoms with Crippen molar-refractivity contribution in [2.24, 2.45) is 0 Å². The van der Waals surface area contributed by atoms with Crippen molar-refractivity contribution in [1.82, 2.24) is 14.8 Å². The third kappa shape index (κ3) is 5.56. The van der Waals surface area contributed by atoms with E-state index in [0.717, 1.165) is 12.1 Å². The van der Waals surface area contributed by atoms with E-state index in [2.05, 4.69) is 20.1 Å². The molecule has 0 bridgehead atoms. The molecule has 0 atom stereocenters. The molecule has 12 heteroatoms. The normalized spacial score (nSPS) is 11.8. The van der Waals surface area contributed by atoms with Gasteiger partial charge in [-0.25, -0.2) is 13.4 Å². The van der Waals surface area contributed by atoms with Crippen molar-refractivity contribution in [3.05, 3.63) is 66.7 Å². The summed E-state index contributed by atoms with van der Waals surface area (Å²) in [4.78, 5) is 15.6. The zero-order chi connectivity index (χ0) is 21.8. The van der Waals surface area contributed by atoms with Gasteiger partial charge in [0.1, 0.15) is 12.7 Å². The van der Waals surface area contributed by atoms with E-state index in [0.29, 0.717) is 12.6 Å². The summed E-state index contributed by atoms with van der Waals surface area (Å²) in [6.07, 6.45) is -1.72. The number of alkyl halides is 3. The van der Waals surface area contributed by atoms with Crippen LogP contribution in [0.5, 0.6) is 0 Å². The third-order valence-electron chi connectivity index (χ3n) is 3.90. The Bertz CT molecular complexity index is 1130. The number of hydrogen-bond acceptors (Lipinski definition) is 5. The Hall–Kier alpha value is -3.41. The molecule has 158 valence electrons. The van der Waals surface area contributed by atoms with Crippen molar-refractivity contribution in [3.63, 3.8) is 0 Å². The van der Waals surface area contributed by atoms with Crippen molar-refractivity contribution in [2.45, 2.75) is 24.0 Å². The van der Waals surface area contributed by atoms with Gasteiger partial charge in [-0.05, 0) is 36.4 Å². The number of anilines is 2. The van der Waals surface area contributed by atoms with Crippen LogP contribution in [0.1, 0.15) is 12.0 Å². The Kier molecular flexibility index (Phi) is 6.06. The molecule has 2 N–H and O–H groups in total. The number of carbonyl (C=O) groups excluding carboxylic acids is 1. The second kappa shape index (κ2) is 8.53. The molecule has 2 aromatic carbocycles. The van der Waals surface area contributed by atoms with E-state index in [4.69, 9.17) is 0 Å². The van der Waals surface area contributed by atoms with E-state index >= 15 is 0 Å². The summed E-state index contributed by atoms with van der Waals surface area (Å²) < 4.78 is 67.2. The SMILES string of the molecule is O=C(CCn1cncn1)Nc1cccc(S(=O)(=O)Nc2cccc(C(F)(F)F)c2)c1. The number of aromatic nitrogens is 3. The van der Waals surface area contributed by atoms with Gasteiger partial charge < -0.3 is 5.32 Å². The highest BCUT2D eigenvalue weighted by Gasteiger charge is 2.30. The van der Waals surface area contributed by atoms with Crippen molar-refractivity contribution in [1.29, 1.82) is 0 Å². The molecule has 0 aliphatic heterocycles. The molecule has 1 amide bonds. The van der Waals surface area contributed by atoms with E-state index in [1.54, 1.807) is 0 Å². The summed E-state index contributed by atoms with van der Waals surface area (Å²) in [5, 5.41) is 6.44. The topological polar surface area (TPSA) is 106 Å². The lowest BCUT2D eigenvalue weighted by Crippen LogP contribution is -2.16. The number of hydrogen-bond donors (Lipinski definition) is 2. The zero-order valence-electron chi connectivity index (χ0n) is 15.3. The second-order valence-corrected chi connectivity index (χ2v) is 7.85. The van der Waals surface area contributed by atoms with Crippen LogP contribution in [0.25, 0.3) is 0 Å². The first-order chi connectivity index (χ1) is 14.1. The number of halogens is 3. The highest BCUT2D eigenvalue weighted by Crippen LogP contribution is 2.31. The molecule has 0 fully saturated rings. The highest BCUT2D eigenvalue weighted by molar-refractivity contribution is 7.92. The number of nitrogens with zero attached hydrogens (tertiary/aromatic N) is 3. The summed E-state index contributed by atoms with van der Waals surface area (Å²) in [5.74, 6) is -0.370. The molecule has 0 unspecified atom stereocenters. The Morgan fingerprint density at radius 2 is 1.80 bits per heavy atom. The largest absolute Gasteiger partial charge is 0.416 e. The van der Waals surface area contributed by atoms with Crippen molar-refractivity contribution in [3.8, 4) is 0 Å². The maximum absolute atomic E-state index is 12.8. The van der Waals surface area contributed by atoms with E-state index in [9.17, 15) is 26.4 Å². The number of amides is 1. The van der Waals surface area contributed by atoms with Crippen molar-refractivity contribution >= 4 is 27.3 Å². The number of rotatable bonds is 7. The molecule has 1 heterocycles. The van der Waals surface area contributed by atoms with Crippen LogP contribution < -0.4 is 10.0 Å². The van der Waals surface area contributed by atoms with Crippen molar-refractivity contribution < 1.29 is 26.4 Å². The molecule has 30 heavy (non-hydrogen) atoms. The maximum atomic E-state index is 12.8. The molecule has 3 aromatic rings. The Morgan fingerprint density at radius 1 is 1.07 bits per heavy atom. The predicted molar refractivity (Wildman–Crippen MR) is 102 cm³/mol. The van der Waals surface area contributed by atoms with Crippen LogP contribution >= 0.6 is 0 Å². The van der Waals surface area contributed by atoms with Gasteiger partial charge in [-0.1, -0.05) is 12.1 Å². The Balaban J connectivity index is 1.70. The van der Waals surface area contributed by atoms with Gasteiger partial charge in [-0.2, -0.15) is 18.3 Å². The minimum absolute atomic E-state index is 0.0861. The first kappa shape index (κ1) is 21.3. The van der Waals surface area contributed by atoms with Crippen LogP contribution in [0, 0.1) is 0 Å². The molecule has 0 spiro atoms. The van der Waals surface area contributed by atoms with Gasteiger partial charge in [0.15, 0.2) is 0 Å². The first-order valence-corrected chi connectivity index (χ1v) is 10.0. The molecular formula is C18H16F3N5O3S. The molecule has 0 radical (unpaired) electrons.